The van der Waals surface area contributed by atoms with Crippen LogP contribution in [-0.2, 0) is 37.2 Å². The van der Waals surface area contributed by atoms with Crippen LogP contribution in [0.5, 0.6) is 0 Å². The van der Waals surface area contributed by atoms with Crippen LogP contribution >= 0.6 is 0 Å². The number of anilines is 3. The maximum absolute atomic E-state index is 4.78. The molecule has 0 saturated heterocycles. The number of fused-ring (bicyclic) bond motifs is 3. The zero-order chi connectivity index (χ0) is 33.1. The van der Waals surface area contributed by atoms with Crippen molar-refractivity contribution >= 4 is 38.9 Å². The molecule has 0 amide bonds. The Balaban J connectivity index is 1.58. The predicted molar refractivity (Wildman–Crippen MR) is 190 cm³/mol. The second-order valence-corrected chi connectivity index (χ2v) is 15.2. The predicted octanol–water partition coefficient (Wildman–Crippen LogP) is 9.85. The summed E-state index contributed by atoms with van der Waals surface area (Å²) < 4.78 is 7.76. The molecule has 240 valence electrons. The molecule has 47 heavy (non-hydrogen) atoms. The summed E-state index contributed by atoms with van der Waals surface area (Å²) in [5, 5.41) is 2.25. The number of aromatic nitrogens is 5. The van der Waals surface area contributed by atoms with Gasteiger partial charge in [-0.25, -0.2) is 0 Å². The fraction of sp³-hybridized carbons (Fsp3) is 0.225. The average Bonchev–Trinajstić information content (AvgIpc) is 3.56. The van der Waals surface area contributed by atoms with E-state index in [1.807, 2.05) is 30.7 Å². The van der Waals surface area contributed by atoms with Crippen LogP contribution in [0.1, 0.15) is 52.7 Å². The molecule has 7 aromatic rings. The summed E-state index contributed by atoms with van der Waals surface area (Å²) in [5.41, 5.74) is 9.07. The summed E-state index contributed by atoms with van der Waals surface area (Å²) in [6, 6.07) is 30.7. The van der Waals surface area contributed by atoms with Gasteiger partial charge in [-0.3, -0.25) is 4.98 Å². The Hall–Kier alpha value is -4.54. The Kier molecular flexibility index (Phi) is 7.68. The Bertz CT molecular complexity index is 2280. The Labute approximate surface area is 287 Å². The molecule has 0 unspecified atom stereocenters. The first-order valence-electron chi connectivity index (χ1n) is 16.0. The second-order valence-electron chi connectivity index (χ2n) is 14.2. The Morgan fingerprint density at radius 2 is 1.40 bits per heavy atom. The molecule has 3 aromatic carbocycles. The number of benzene rings is 3. The zero-order valence-electron chi connectivity index (χ0n) is 28.0. The van der Waals surface area contributed by atoms with Gasteiger partial charge < -0.3 is 0 Å². The number of para-hydroxylation sites is 1. The molecule has 0 bridgehead atoms. The summed E-state index contributed by atoms with van der Waals surface area (Å²) in [6.07, 6.45) is 9.90. The number of hydrogen-bond acceptors (Lipinski definition) is 3. The number of pyridine rings is 2. The molecular formula is C40H40N6Pt. The van der Waals surface area contributed by atoms with Crippen LogP contribution in [0.4, 0.5) is 17.1 Å². The summed E-state index contributed by atoms with van der Waals surface area (Å²) in [6.45, 7) is 13.9. The average molecular weight is 800 g/mol. The minimum absolute atomic E-state index is 0.102. The van der Waals surface area contributed by atoms with Gasteiger partial charge in [-0.2, -0.15) is 0 Å². The fourth-order valence-electron chi connectivity index (χ4n) is 6.54. The van der Waals surface area contributed by atoms with Crippen molar-refractivity contribution in [2.75, 3.05) is 4.90 Å². The first kappa shape index (κ1) is 31.1. The third kappa shape index (κ3) is 5.49. The third-order valence-electron chi connectivity index (χ3n) is 8.82. The van der Waals surface area contributed by atoms with Crippen LogP contribution in [0.3, 0.4) is 0 Å². The van der Waals surface area contributed by atoms with E-state index in [2.05, 4.69) is 177 Å². The van der Waals surface area contributed by atoms with E-state index in [4.69, 9.17) is 4.98 Å². The van der Waals surface area contributed by atoms with Crippen molar-refractivity contribution in [2.45, 2.75) is 52.4 Å². The summed E-state index contributed by atoms with van der Waals surface area (Å²) >= 11 is 2.39. The zero-order valence-corrected chi connectivity index (χ0v) is 30.2. The molecule has 0 aliphatic carbocycles. The molecule has 7 heteroatoms. The van der Waals surface area contributed by atoms with Crippen molar-refractivity contribution < 1.29 is 19.4 Å². The van der Waals surface area contributed by atoms with E-state index in [1.165, 1.54) is 16.8 Å². The van der Waals surface area contributed by atoms with E-state index < -0.39 is 0 Å². The van der Waals surface area contributed by atoms with Gasteiger partial charge in [-0.15, -0.1) is 0 Å². The third-order valence-corrected chi connectivity index (χ3v) is 10.2. The first-order chi connectivity index (χ1) is 22.4. The summed E-state index contributed by atoms with van der Waals surface area (Å²) in [7, 11) is 2.08. The van der Waals surface area contributed by atoms with Gasteiger partial charge >= 0.3 is 259 Å². The molecule has 0 N–H and O–H groups in total. The number of aryl methyl sites for hydroxylation is 1. The normalized spacial score (nSPS) is 12.3. The van der Waals surface area contributed by atoms with Crippen LogP contribution in [0.25, 0.3) is 33.3 Å². The molecule has 0 aliphatic rings. The molecule has 4 heterocycles. The van der Waals surface area contributed by atoms with Gasteiger partial charge in [-0.1, -0.05) is 6.07 Å². The van der Waals surface area contributed by atoms with E-state index in [1.54, 1.807) is 0 Å². The molecule has 4 aromatic heterocycles. The van der Waals surface area contributed by atoms with Gasteiger partial charge in [0, 0.05) is 12.4 Å². The van der Waals surface area contributed by atoms with E-state index in [0.29, 0.717) is 0 Å². The van der Waals surface area contributed by atoms with Gasteiger partial charge in [0.25, 0.3) is 0 Å². The molecule has 0 atom stereocenters. The molecule has 7 rings (SSSR count). The van der Waals surface area contributed by atoms with Crippen LogP contribution in [0, 0.1) is 3.80 Å². The molecule has 0 spiro atoms. The summed E-state index contributed by atoms with van der Waals surface area (Å²) in [4.78, 5) is 11.8. The standard InChI is InChI=1S/C40H40N6.Pt/c1-39(2,3)33-14-11-15-34(40(4,5)6)38(33)45(29-13-10-12-28(24-29)44-23-22-43(7)27-44)30-17-18-31-32-26-41-21-19-35(32)46(36(31)25-30)37-16-8-9-20-42-37;/h8-26H,1-7H3;. The number of rotatable bonds is 5. The van der Waals surface area contributed by atoms with Crippen molar-refractivity contribution in [3.63, 3.8) is 0 Å². The van der Waals surface area contributed by atoms with E-state index in [9.17, 15) is 0 Å². The fourth-order valence-corrected chi connectivity index (χ4v) is 7.18. The molecule has 0 fully saturated rings. The molecule has 0 saturated carbocycles. The van der Waals surface area contributed by atoms with Gasteiger partial charge in [0.15, 0.2) is 0 Å². The second kappa shape index (κ2) is 11.6. The number of nitrogens with zero attached hydrogens (tertiary/aromatic N) is 6. The number of hydrogen-bond donors (Lipinski definition) is 0. The molecule has 0 radical (unpaired) electrons. The topological polar surface area (TPSA) is 43.8 Å². The maximum atomic E-state index is 4.78. The first-order valence-corrected chi connectivity index (χ1v) is 17.1. The SMILES string of the molecule is Cn1ccn(-c2cccc(N(c3ccc4c5cnccc5n(-c5ccccn5)c4c3)c3c(C(C)(C)C)cccc3C(C)(C)C)c2)[c]1=[Pt]. The van der Waals surface area contributed by atoms with Crippen molar-refractivity contribution in [3.8, 4) is 11.5 Å². The van der Waals surface area contributed by atoms with Crippen LogP contribution in [0.2, 0.25) is 0 Å². The van der Waals surface area contributed by atoms with E-state index >= 15 is 0 Å². The van der Waals surface area contributed by atoms with Gasteiger partial charge in [-0.05, 0) is 6.07 Å². The monoisotopic (exact) mass is 799 g/mol. The van der Waals surface area contributed by atoms with Gasteiger partial charge in [0.05, 0.1) is 0 Å². The van der Waals surface area contributed by atoms with Crippen molar-refractivity contribution in [2.24, 2.45) is 7.05 Å². The molecule has 6 nitrogen and oxygen atoms in total. The van der Waals surface area contributed by atoms with E-state index in [0.717, 1.165) is 48.5 Å². The van der Waals surface area contributed by atoms with Crippen LogP contribution < -0.4 is 4.90 Å². The van der Waals surface area contributed by atoms with E-state index in [-0.39, 0.29) is 10.8 Å². The minimum atomic E-state index is -0.102. The van der Waals surface area contributed by atoms with Gasteiger partial charge in [0.2, 0.25) is 0 Å². The van der Waals surface area contributed by atoms with Crippen molar-refractivity contribution in [1.82, 2.24) is 23.7 Å². The van der Waals surface area contributed by atoms with Crippen molar-refractivity contribution in [3.05, 3.63) is 131 Å². The quantitative estimate of drug-likeness (QED) is 0.174. The Morgan fingerprint density at radius 1 is 0.681 bits per heavy atom. The van der Waals surface area contributed by atoms with Crippen LogP contribution in [0.15, 0.2) is 116 Å². The molecular weight excluding hydrogens is 760 g/mol. The number of imidazole rings is 1. The summed E-state index contributed by atoms with van der Waals surface area (Å²) in [5.74, 6) is 0.880. The molecule has 0 aliphatic heterocycles. The Morgan fingerprint density at radius 3 is 2.06 bits per heavy atom. The van der Waals surface area contributed by atoms with Crippen LogP contribution in [-0.4, -0.2) is 23.7 Å². The van der Waals surface area contributed by atoms with Crippen molar-refractivity contribution in [1.29, 1.82) is 0 Å². The van der Waals surface area contributed by atoms with Gasteiger partial charge in [0.1, 0.15) is 0 Å².